The van der Waals surface area contributed by atoms with Crippen LogP contribution in [0.2, 0.25) is 0 Å². The lowest BCUT2D eigenvalue weighted by molar-refractivity contribution is 0.403. The minimum atomic E-state index is 0.254. The van der Waals surface area contributed by atoms with Gasteiger partial charge in [0.05, 0.1) is 5.70 Å². The molecule has 0 aliphatic rings. The number of rotatable bonds is 16. The molecule has 0 radical (unpaired) electrons. The maximum absolute atomic E-state index is 6.37. The maximum atomic E-state index is 6.37. The summed E-state index contributed by atoms with van der Waals surface area (Å²) in [5, 5.41) is 3.48. The molecule has 34 heavy (non-hydrogen) atoms. The Labute approximate surface area is 210 Å². The first-order valence-corrected chi connectivity index (χ1v) is 12.6. The zero-order chi connectivity index (χ0) is 25.8. The predicted octanol–water partition coefficient (Wildman–Crippen LogP) is 7.69. The fraction of sp³-hybridized carbons (Fsp3) is 0.419. The lowest BCUT2D eigenvalue weighted by Gasteiger charge is -2.21. The number of hydrogen-bond donors (Lipinski definition) is 2. The number of allylic oxidation sites excluding steroid dienone is 5. The van der Waals surface area contributed by atoms with Crippen LogP contribution in [0.25, 0.3) is 5.70 Å². The first-order chi connectivity index (χ1) is 16.4. The highest BCUT2D eigenvalue weighted by Gasteiger charge is 2.07. The van der Waals surface area contributed by atoms with Gasteiger partial charge in [0, 0.05) is 37.4 Å². The summed E-state index contributed by atoms with van der Waals surface area (Å²) in [7, 11) is 0. The van der Waals surface area contributed by atoms with Crippen LogP contribution in [-0.2, 0) is 0 Å². The van der Waals surface area contributed by atoms with Crippen molar-refractivity contribution in [2.24, 2.45) is 17.6 Å². The van der Waals surface area contributed by atoms with E-state index >= 15 is 0 Å². The minimum Gasteiger partial charge on any atom is -0.397 e. The van der Waals surface area contributed by atoms with E-state index in [0.717, 1.165) is 55.9 Å². The van der Waals surface area contributed by atoms with Crippen LogP contribution < -0.4 is 11.1 Å². The van der Waals surface area contributed by atoms with E-state index in [1.807, 2.05) is 56.3 Å². The van der Waals surface area contributed by atoms with Crippen LogP contribution in [0.15, 0.2) is 97.9 Å². The monoisotopic (exact) mass is 463 g/mol. The normalized spacial score (nSPS) is 12.7. The minimum absolute atomic E-state index is 0.254. The average molecular weight is 464 g/mol. The summed E-state index contributed by atoms with van der Waals surface area (Å²) in [5.74, 6) is 0.744. The molecule has 1 rings (SSSR count). The quantitative estimate of drug-likeness (QED) is 0.195. The van der Waals surface area contributed by atoms with E-state index in [0.29, 0.717) is 5.92 Å². The van der Waals surface area contributed by atoms with E-state index < -0.39 is 0 Å². The molecule has 188 valence electrons. The highest BCUT2D eigenvalue weighted by Crippen LogP contribution is 2.15. The van der Waals surface area contributed by atoms with Crippen LogP contribution in [0.3, 0.4) is 0 Å². The maximum Gasteiger partial charge on any atom is 0.0549 e. The molecule has 0 saturated carbocycles. The van der Waals surface area contributed by atoms with Crippen molar-refractivity contribution >= 4 is 5.70 Å². The Morgan fingerprint density at radius 3 is 2.32 bits per heavy atom. The van der Waals surface area contributed by atoms with Crippen LogP contribution >= 0.6 is 0 Å². The van der Waals surface area contributed by atoms with Gasteiger partial charge in [-0.25, -0.2) is 0 Å². The SMILES string of the molecule is C=CC(C)C/C=C\CN(/C=C(\N)c1ccccc1)CCCNC(=C)C(C=C)CC=C(C)C.CC. The zero-order valence-electron chi connectivity index (χ0n) is 22.4. The van der Waals surface area contributed by atoms with Gasteiger partial charge in [-0.3, -0.25) is 0 Å². The summed E-state index contributed by atoms with van der Waals surface area (Å²) >= 11 is 0. The Balaban J connectivity index is 0.00000529. The highest BCUT2D eigenvalue weighted by atomic mass is 15.1. The molecule has 2 atom stereocenters. The molecule has 0 heterocycles. The third kappa shape index (κ3) is 14.3. The Hall–Kier alpha value is -2.94. The summed E-state index contributed by atoms with van der Waals surface area (Å²) < 4.78 is 0. The molecule has 0 aliphatic heterocycles. The van der Waals surface area contributed by atoms with Gasteiger partial charge in [0.1, 0.15) is 0 Å². The first kappa shape index (κ1) is 31.1. The van der Waals surface area contributed by atoms with Crippen LogP contribution in [0.5, 0.6) is 0 Å². The molecule has 3 N–H and O–H groups in total. The van der Waals surface area contributed by atoms with Crippen LogP contribution in [0, 0.1) is 11.8 Å². The lowest BCUT2D eigenvalue weighted by atomic mass is 10.0. The van der Waals surface area contributed by atoms with Gasteiger partial charge in [0.25, 0.3) is 0 Å². The van der Waals surface area contributed by atoms with Gasteiger partial charge in [0.2, 0.25) is 0 Å². The van der Waals surface area contributed by atoms with Crippen molar-refractivity contribution in [3.8, 4) is 0 Å². The Bertz CT molecular complexity index is 782. The third-order valence-electron chi connectivity index (χ3n) is 5.33. The Kier molecular flexibility index (Phi) is 17.8. The third-order valence-corrected chi connectivity index (χ3v) is 5.33. The molecular formula is C31H49N3. The van der Waals surface area contributed by atoms with Crippen LogP contribution in [-0.4, -0.2) is 24.5 Å². The topological polar surface area (TPSA) is 41.3 Å². The van der Waals surface area contributed by atoms with E-state index in [4.69, 9.17) is 5.73 Å². The largest absolute Gasteiger partial charge is 0.397 e. The smallest absolute Gasteiger partial charge is 0.0549 e. The molecule has 3 nitrogen and oxygen atoms in total. The van der Waals surface area contributed by atoms with Crippen molar-refractivity contribution in [1.29, 1.82) is 0 Å². The van der Waals surface area contributed by atoms with Gasteiger partial charge < -0.3 is 16.0 Å². The predicted molar refractivity (Wildman–Crippen MR) is 154 cm³/mol. The Morgan fingerprint density at radius 2 is 1.74 bits per heavy atom. The van der Waals surface area contributed by atoms with Crippen molar-refractivity contribution in [1.82, 2.24) is 10.2 Å². The number of nitrogens with one attached hydrogen (secondary N) is 1. The molecule has 3 heteroatoms. The second-order valence-electron chi connectivity index (χ2n) is 8.53. The van der Waals surface area contributed by atoms with Crippen molar-refractivity contribution in [2.75, 3.05) is 19.6 Å². The average Bonchev–Trinajstić information content (AvgIpc) is 2.85. The molecule has 1 aromatic rings. The van der Waals surface area contributed by atoms with Gasteiger partial charge >= 0.3 is 0 Å². The van der Waals surface area contributed by atoms with Crippen LogP contribution in [0.1, 0.15) is 59.4 Å². The summed E-state index contributed by atoms with van der Waals surface area (Å²) in [5.41, 5.74) is 10.5. The Morgan fingerprint density at radius 1 is 1.06 bits per heavy atom. The van der Waals surface area contributed by atoms with Gasteiger partial charge in [-0.15, -0.1) is 13.2 Å². The molecular weight excluding hydrogens is 414 g/mol. The van der Waals surface area contributed by atoms with E-state index in [1.54, 1.807) is 0 Å². The summed E-state index contributed by atoms with van der Waals surface area (Å²) in [4.78, 5) is 2.27. The van der Waals surface area contributed by atoms with Gasteiger partial charge in [0.15, 0.2) is 0 Å². The fourth-order valence-corrected chi connectivity index (χ4v) is 3.13. The summed E-state index contributed by atoms with van der Waals surface area (Å²) in [6.07, 6.45) is 15.6. The van der Waals surface area contributed by atoms with Crippen molar-refractivity contribution in [2.45, 2.75) is 53.9 Å². The number of hydrogen-bond acceptors (Lipinski definition) is 3. The molecule has 0 aliphatic carbocycles. The van der Waals surface area contributed by atoms with E-state index in [1.165, 1.54) is 5.57 Å². The van der Waals surface area contributed by atoms with Gasteiger partial charge in [-0.05, 0) is 44.6 Å². The number of nitrogens with zero attached hydrogens (tertiary/aromatic N) is 1. The second-order valence-corrected chi connectivity index (χ2v) is 8.53. The fourth-order valence-electron chi connectivity index (χ4n) is 3.13. The first-order valence-electron chi connectivity index (χ1n) is 12.6. The standard InChI is InChI=1S/C29H43N3.C2H6/c1-7-25(5)15-12-13-21-32(23-29(30)28-16-10-9-11-17-28)22-14-20-31-26(6)27(8-2)19-18-24(3)4;1-2/h7-13,16-18,23,25,27,31H,1-2,6,14-15,19-22,30H2,3-5H3;1-2H3/b13-12-,29-23-;. The molecule has 1 aromatic carbocycles. The zero-order valence-corrected chi connectivity index (χ0v) is 22.4. The van der Waals surface area contributed by atoms with Crippen molar-refractivity contribution in [3.63, 3.8) is 0 Å². The second kappa shape index (κ2) is 19.5. The summed E-state index contributed by atoms with van der Waals surface area (Å²) in [6.45, 7) is 25.0. The summed E-state index contributed by atoms with van der Waals surface area (Å²) in [6, 6.07) is 10.1. The molecule has 0 saturated heterocycles. The molecule has 2 unspecified atom stereocenters. The van der Waals surface area contributed by atoms with Crippen molar-refractivity contribution < 1.29 is 0 Å². The number of nitrogens with two attached hydrogens (primary N) is 1. The van der Waals surface area contributed by atoms with Crippen molar-refractivity contribution in [3.05, 3.63) is 103 Å². The van der Waals surface area contributed by atoms with Crippen LogP contribution in [0.4, 0.5) is 0 Å². The molecule has 0 aromatic heterocycles. The molecule has 0 spiro atoms. The molecule has 0 amide bonds. The highest BCUT2D eigenvalue weighted by molar-refractivity contribution is 5.61. The van der Waals surface area contributed by atoms with E-state index in [2.05, 4.69) is 75.2 Å². The van der Waals surface area contributed by atoms with E-state index in [9.17, 15) is 0 Å². The van der Waals surface area contributed by atoms with Gasteiger partial charge in [-0.2, -0.15) is 0 Å². The van der Waals surface area contributed by atoms with Gasteiger partial charge in [-0.1, -0.05) is 93.6 Å². The molecule has 0 bridgehead atoms. The van der Waals surface area contributed by atoms with E-state index in [-0.39, 0.29) is 5.92 Å². The lowest BCUT2D eigenvalue weighted by Crippen LogP contribution is -2.25. The molecule has 0 fully saturated rings. The number of benzene rings is 1.